The van der Waals surface area contributed by atoms with E-state index in [0.29, 0.717) is 13.2 Å². The van der Waals surface area contributed by atoms with Crippen molar-refractivity contribution in [3.63, 3.8) is 0 Å². The Labute approximate surface area is 192 Å². The summed E-state index contributed by atoms with van der Waals surface area (Å²) in [6, 6.07) is 28.7. The average molecular weight is 431 g/mol. The van der Waals surface area contributed by atoms with Gasteiger partial charge in [0.05, 0.1) is 19.3 Å². The van der Waals surface area contributed by atoms with E-state index in [1.165, 1.54) is 16.7 Å². The van der Waals surface area contributed by atoms with Gasteiger partial charge in [-0.2, -0.15) is 0 Å². The number of rotatable bonds is 8. The highest BCUT2D eigenvalue weighted by atomic mass is 16.5. The van der Waals surface area contributed by atoms with E-state index in [1.807, 2.05) is 13.8 Å². The summed E-state index contributed by atoms with van der Waals surface area (Å²) >= 11 is 0. The van der Waals surface area contributed by atoms with Gasteiger partial charge in [-0.15, -0.1) is 0 Å². The summed E-state index contributed by atoms with van der Waals surface area (Å²) in [5.41, 5.74) is 3.94. The van der Waals surface area contributed by atoms with Gasteiger partial charge < -0.3 is 9.47 Å². The minimum absolute atomic E-state index is 0.239. The van der Waals surface area contributed by atoms with Crippen molar-refractivity contribution in [2.45, 2.75) is 25.9 Å². The van der Waals surface area contributed by atoms with Crippen LogP contribution in [0.4, 0.5) is 0 Å². The van der Waals surface area contributed by atoms with Crippen molar-refractivity contribution in [1.82, 2.24) is 9.80 Å². The van der Waals surface area contributed by atoms with E-state index in [1.54, 1.807) is 0 Å². The highest BCUT2D eigenvalue weighted by Gasteiger charge is 2.32. The third-order valence-electron chi connectivity index (χ3n) is 6.23. The number of piperazine rings is 1. The summed E-state index contributed by atoms with van der Waals surface area (Å²) in [4.78, 5) is 5.07. The molecule has 0 aromatic heterocycles. The third-order valence-corrected chi connectivity index (χ3v) is 6.23. The molecule has 0 aliphatic carbocycles. The normalized spacial score (nSPS) is 17.4. The van der Waals surface area contributed by atoms with E-state index in [-0.39, 0.29) is 12.1 Å². The molecular weight excluding hydrogens is 396 g/mol. The molecule has 3 aromatic carbocycles. The van der Waals surface area contributed by atoms with Gasteiger partial charge in [0, 0.05) is 25.7 Å². The predicted octanol–water partition coefficient (Wildman–Crippen LogP) is 5.56. The molecule has 1 fully saturated rings. The molecule has 0 spiro atoms. The first-order valence-corrected chi connectivity index (χ1v) is 11.6. The van der Waals surface area contributed by atoms with Crippen LogP contribution in [-0.4, -0.2) is 49.7 Å². The molecule has 1 atom stereocenters. The molecule has 1 unspecified atom stereocenters. The zero-order chi connectivity index (χ0) is 22.3. The van der Waals surface area contributed by atoms with Crippen LogP contribution in [0.3, 0.4) is 0 Å². The van der Waals surface area contributed by atoms with Gasteiger partial charge in [0.2, 0.25) is 0 Å². The molecule has 0 N–H and O–H groups in total. The summed E-state index contributed by atoms with van der Waals surface area (Å²) in [7, 11) is 2.22. The highest BCUT2D eigenvalue weighted by Crippen LogP contribution is 2.37. The molecule has 1 aliphatic heterocycles. The van der Waals surface area contributed by atoms with Crippen molar-refractivity contribution in [1.29, 1.82) is 0 Å². The van der Waals surface area contributed by atoms with Crippen LogP contribution in [0, 0.1) is 0 Å². The van der Waals surface area contributed by atoms with Crippen molar-refractivity contribution in [3.05, 3.63) is 95.6 Å². The lowest BCUT2D eigenvalue weighted by atomic mass is 9.94. The van der Waals surface area contributed by atoms with Gasteiger partial charge in [-0.25, -0.2) is 0 Å². The SMILES string of the molecule is CCOc1ccc(C2CN(C(c3ccccc3)c3ccccc3)CCN2C)cc1OCC. The minimum atomic E-state index is 0.239. The molecule has 4 nitrogen and oxygen atoms in total. The van der Waals surface area contributed by atoms with Crippen molar-refractivity contribution < 1.29 is 9.47 Å². The van der Waals surface area contributed by atoms with Gasteiger partial charge in [0.25, 0.3) is 0 Å². The number of benzene rings is 3. The molecule has 0 amide bonds. The van der Waals surface area contributed by atoms with Gasteiger partial charge in [-0.1, -0.05) is 66.7 Å². The van der Waals surface area contributed by atoms with Crippen LogP contribution in [0.15, 0.2) is 78.9 Å². The van der Waals surface area contributed by atoms with Crippen LogP contribution >= 0.6 is 0 Å². The number of hydrogen-bond donors (Lipinski definition) is 0. The first kappa shape index (κ1) is 22.4. The Hall–Kier alpha value is -2.82. The van der Waals surface area contributed by atoms with Gasteiger partial charge in [0.1, 0.15) is 0 Å². The Bertz CT molecular complexity index is 938. The molecule has 1 heterocycles. The van der Waals surface area contributed by atoms with Crippen LogP contribution in [-0.2, 0) is 0 Å². The van der Waals surface area contributed by atoms with Crippen molar-refractivity contribution in [2.24, 2.45) is 0 Å². The summed E-state index contributed by atoms with van der Waals surface area (Å²) in [6.45, 7) is 8.26. The molecule has 4 heteroatoms. The van der Waals surface area contributed by atoms with Crippen LogP contribution in [0.25, 0.3) is 0 Å². The Morgan fingerprint density at radius 3 is 1.97 bits per heavy atom. The van der Waals surface area contributed by atoms with Crippen molar-refractivity contribution >= 4 is 0 Å². The Morgan fingerprint density at radius 2 is 1.38 bits per heavy atom. The fourth-order valence-corrected chi connectivity index (χ4v) is 4.65. The molecule has 4 rings (SSSR count). The molecule has 0 saturated carbocycles. The van der Waals surface area contributed by atoms with Gasteiger partial charge in [-0.3, -0.25) is 9.80 Å². The molecule has 1 saturated heterocycles. The lowest BCUT2D eigenvalue weighted by molar-refractivity contribution is 0.0748. The Kier molecular flexibility index (Phi) is 7.46. The molecule has 0 radical (unpaired) electrons. The second-order valence-electron chi connectivity index (χ2n) is 8.29. The van der Waals surface area contributed by atoms with E-state index in [4.69, 9.17) is 9.47 Å². The molecule has 168 valence electrons. The number of hydrogen-bond acceptors (Lipinski definition) is 4. The first-order valence-electron chi connectivity index (χ1n) is 11.6. The molecule has 32 heavy (non-hydrogen) atoms. The maximum atomic E-state index is 5.91. The third kappa shape index (κ3) is 4.98. The lowest BCUT2D eigenvalue weighted by Crippen LogP contribution is -2.48. The second kappa shape index (κ2) is 10.7. The van der Waals surface area contributed by atoms with E-state index in [9.17, 15) is 0 Å². The zero-order valence-electron chi connectivity index (χ0n) is 19.4. The minimum Gasteiger partial charge on any atom is -0.490 e. The van der Waals surface area contributed by atoms with Gasteiger partial charge in [-0.05, 0) is 49.7 Å². The first-order chi connectivity index (χ1) is 15.7. The molecule has 0 bridgehead atoms. The fraction of sp³-hybridized carbons (Fsp3) is 0.357. The quantitative estimate of drug-likeness (QED) is 0.467. The second-order valence-corrected chi connectivity index (χ2v) is 8.29. The fourth-order valence-electron chi connectivity index (χ4n) is 4.65. The van der Waals surface area contributed by atoms with E-state index in [2.05, 4.69) is 95.7 Å². The van der Waals surface area contributed by atoms with Gasteiger partial charge in [0.15, 0.2) is 11.5 Å². The van der Waals surface area contributed by atoms with Crippen molar-refractivity contribution in [3.8, 4) is 11.5 Å². The molecule has 1 aliphatic rings. The number of nitrogens with zero attached hydrogens (tertiary/aromatic N) is 2. The summed E-state index contributed by atoms with van der Waals surface area (Å²) < 4.78 is 11.7. The van der Waals surface area contributed by atoms with Gasteiger partial charge >= 0.3 is 0 Å². The summed E-state index contributed by atoms with van der Waals surface area (Å²) in [5.74, 6) is 1.65. The van der Waals surface area contributed by atoms with E-state index in [0.717, 1.165) is 31.1 Å². The maximum Gasteiger partial charge on any atom is 0.161 e. The summed E-state index contributed by atoms with van der Waals surface area (Å²) in [5, 5.41) is 0. The lowest BCUT2D eigenvalue weighted by Gasteiger charge is -2.43. The van der Waals surface area contributed by atoms with E-state index >= 15 is 0 Å². The molecular formula is C28H34N2O2. The topological polar surface area (TPSA) is 24.9 Å². The van der Waals surface area contributed by atoms with Crippen LogP contribution in [0.1, 0.15) is 42.6 Å². The standard InChI is InChI=1S/C28H34N2O2/c1-4-31-26-17-16-24(20-27(26)32-5-2)25-21-30(19-18-29(25)3)28(22-12-8-6-9-13-22)23-14-10-7-11-15-23/h6-17,20,25,28H,4-5,18-19,21H2,1-3H3. The van der Waals surface area contributed by atoms with Crippen LogP contribution in [0.2, 0.25) is 0 Å². The van der Waals surface area contributed by atoms with Crippen LogP contribution in [0.5, 0.6) is 11.5 Å². The monoisotopic (exact) mass is 430 g/mol. The average Bonchev–Trinajstić information content (AvgIpc) is 2.83. The van der Waals surface area contributed by atoms with Crippen molar-refractivity contribution in [2.75, 3.05) is 39.9 Å². The maximum absolute atomic E-state index is 5.91. The predicted molar refractivity (Wildman–Crippen MR) is 130 cm³/mol. The van der Waals surface area contributed by atoms with E-state index < -0.39 is 0 Å². The van der Waals surface area contributed by atoms with Crippen LogP contribution < -0.4 is 9.47 Å². The number of ether oxygens (including phenoxy) is 2. The summed E-state index contributed by atoms with van der Waals surface area (Å²) in [6.07, 6.45) is 0. The molecule has 3 aromatic rings. The largest absolute Gasteiger partial charge is 0.490 e. The highest BCUT2D eigenvalue weighted by molar-refractivity contribution is 5.44. The Balaban J connectivity index is 1.65. The Morgan fingerprint density at radius 1 is 0.781 bits per heavy atom. The zero-order valence-corrected chi connectivity index (χ0v) is 19.4. The number of likely N-dealkylation sites (N-methyl/N-ethyl adjacent to an activating group) is 1. The smallest absolute Gasteiger partial charge is 0.161 e.